The maximum absolute atomic E-state index is 12.6. The first-order valence-corrected chi connectivity index (χ1v) is 9.02. The molecular formula is C17H18N2O4S. The van der Waals surface area contributed by atoms with Gasteiger partial charge in [-0.05, 0) is 18.1 Å². The van der Waals surface area contributed by atoms with Crippen LogP contribution in [0.5, 0.6) is 0 Å². The van der Waals surface area contributed by atoms with Gasteiger partial charge in [0.05, 0.1) is 11.0 Å². The van der Waals surface area contributed by atoms with E-state index in [2.05, 4.69) is 5.32 Å². The Morgan fingerprint density at radius 1 is 1.25 bits per heavy atom. The number of nitro groups is 1. The number of amides is 1. The van der Waals surface area contributed by atoms with Crippen molar-refractivity contribution < 1.29 is 13.9 Å². The number of nitro benzene ring substituents is 1. The molecule has 2 rings (SSSR count). The zero-order valence-corrected chi connectivity index (χ0v) is 14.2. The summed E-state index contributed by atoms with van der Waals surface area (Å²) in [5, 5.41) is 13.7. The summed E-state index contributed by atoms with van der Waals surface area (Å²) in [4.78, 5) is 22.9. The monoisotopic (exact) mass is 346 g/mol. The third-order valence-corrected chi connectivity index (χ3v) is 4.39. The minimum absolute atomic E-state index is 0.138. The zero-order valence-electron chi connectivity index (χ0n) is 13.4. The lowest BCUT2D eigenvalue weighted by Crippen LogP contribution is -2.32. The Kier molecular flexibility index (Phi) is 5.81. The van der Waals surface area contributed by atoms with Crippen LogP contribution < -0.4 is 5.32 Å². The highest BCUT2D eigenvalue weighted by Crippen LogP contribution is 2.19. The molecule has 0 unspecified atom stereocenters. The molecule has 2 atom stereocenters. The molecule has 0 aromatic heterocycles. The topological polar surface area (TPSA) is 89.3 Å². The molecule has 0 aliphatic carbocycles. The van der Waals surface area contributed by atoms with Gasteiger partial charge < -0.3 is 5.32 Å². The number of non-ortho nitro benzene ring substituents is 1. The zero-order chi connectivity index (χ0) is 17.7. The van der Waals surface area contributed by atoms with E-state index in [-0.39, 0.29) is 17.0 Å². The molecule has 0 heterocycles. The van der Waals surface area contributed by atoms with E-state index in [9.17, 15) is 19.1 Å². The fourth-order valence-electron chi connectivity index (χ4n) is 2.35. The first-order chi connectivity index (χ1) is 11.4. The number of aryl methyl sites for hydroxylation is 1. The molecule has 0 aliphatic rings. The van der Waals surface area contributed by atoms with E-state index in [1.165, 1.54) is 12.1 Å². The highest BCUT2D eigenvalue weighted by molar-refractivity contribution is 7.84. The quantitative estimate of drug-likeness (QED) is 0.643. The summed E-state index contributed by atoms with van der Waals surface area (Å²) >= 11 is 0. The second kappa shape index (κ2) is 7.83. The highest BCUT2D eigenvalue weighted by atomic mass is 32.2. The molecular weight excluding hydrogens is 328 g/mol. The SMILES string of the molecule is Cc1ccc([N+](=O)[O-])cc1C(=O)N[C@@H](C[S@](C)=O)c1ccccc1. The standard InChI is InChI=1S/C17H18N2O4S/c1-12-8-9-14(19(21)22)10-15(12)17(20)18-16(11-24(2)23)13-6-4-3-5-7-13/h3-10,16H,11H2,1-2H3,(H,18,20)/t16-,24-/m0/s1. The van der Waals surface area contributed by atoms with E-state index < -0.39 is 27.7 Å². The van der Waals surface area contributed by atoms with Crippen molar-refractivity contribution in [3.63, 3.8) is 0 Å². The Hall–Kier alpha value is -2.54. The first-order valence-electron chi connectivity index (χ1n) is 7.29. The molecule has 7 heteroatoms. The second-order valence-corrected chi connectivity index (χ2v) is 6.91. The highest BCUT2D eigenvalue weighted by Gasteiger charge is 2.20. The van der Waals surface area contributed by atoms with Crippen molar-refractivity contribution in [1.29, 1.82) is 0 Å². The lowest BCUT2D eigenvalue weighted by Gasteiger charge is -2.19. The second-order valence-electron chi connectivity index (χ2n) is 5.43. The molecule has 0 radical (unpaired) electrons. The predicted octanol–water partition coefficient (Wildman–Crippen LogP) is 2.75. The number of nitrogens with zero attached hydrogens (tertiary/aromatic N) is 1. The van der Waals surface area contributed by atoms with Gasteiger partial charge in [0.1, 0.15) is 0 Å². The minimum atomic E-state index is -1.11. The van der Waals surface area contributed by atoms with E-state index in [0.717, 1.165) is 5.56 Å². The van der Waals surface area contributed by atoms with Crippen LogP contribution in [0.3, 0.4) is 0 Å². The van der Waals surface area contributed by atoms with Crippen LogP contribution in [0.1, 0.15) is 27.5 Å². The van der Waals surface area contributed by atoms with Gasteiger partial charge in [0, 0.05) is 40.5 Å². The van der Waals surface area contributed by atoms with Gasteiger partial charge in [-0.15, -0.1) is 0 Å². The van der Waals surface area contributed by atoms with E-state index in [1.54, 1.807) is 19.2 Å². The molecule has 1 N–H and O–H groups in total. The third kappa shape index (κ3) is 4.48. The molecule has 24 heavy (non-hydrogen) atoms. The molecule has 126 valence electrons. The number of nitrogens with one attached hydrogen (secondary N) is 1. The van der Waals surface area contributed by atoms with Gasteiger partial charge in [-0.3, -0.25) is 19.1 Å². The maximum Gasteiger partial charge on any atom is 0.270 e. The summed E-state index contributed by atoms with van der Waals surface area (Å²) in [5.74, 6) is -0.153. The molecule has 2 aromatic rings. The van der Waals surface area contributed by atoms with Gasteiger partial charge in [0.25, 0.3) is 11.6 Å². The van der Waals surface area contributed by atoms with Crippen molar-refractivity contribution in [1.82, 2.24) is 5.32 Å². The largest absolute Gasteiger partial charge is 0.344 e. The van der Waals surface area contributed by atoms with Crippen LogP contribution in [0.4, 0.5) is 5.69 Å². The first kappa shape index (κ1) is 17.8. The molecule has 0 bridgehead atoms. The van der Waals surface area contributed by atoms with Crippen molar-refractivity contribution in [2.24, 2.45) is 0 Å². The van der Waals surface area contributed by atoms with Crippen molar-refractivity contribution in [3.05, 3.63) is 75.3 Å². The molecule has 0 saturated carbocycles. The van der Waals surface area contributed by atoms with Gasteiger partial charge in [0.15, 0.2) is 0 Å². The van der Waals surface area contributed by atoms with Crippen molar-refractivity contribution >= 4 is 22.4 Å². The van der Waals surface area contributed by atoms with Crippen molar-refractivity contribution in [2.45, 2.75) is 13.0 Å². The predicted molar refractivity (Wildman–Crippen MR) is 93.4 cm³/mol. The van der Waals surface area contributed by atoms with Crippen LogP contribution in [-0.4, -0.2) is 27.0 Å². The number of carbonyl (C=O) groups is 1. The molecule has 0 saturated heterocycles. The molecule has 0 fully saturated rings. The smallest absolute Gasteiger partial charge is 0.270 e. The minimum Gasteiger partial charge on any atom is -0.344 e. The van der Waals surface area contributed by atoms with Crippen LogP contribution >= 0.6 is 0 Å². The Morgan fingerprint density at radius 2 is 1.92 bits per heavy atom. The summed E-state index contributed by atoms with van der Waals surface area (Å²) in [6, 6.07) is 13.0. The number of benzene rings is 2. The van der Waals surface area contributed by atoms with Crippen molar-refractivity contribution in [3.8, 4) is 0 Å². The van der Waals surface area contributed by atoms with E-state index in [4.69, 9.17) is 0 Å². The van der Waals surface area contributed by atoms with Crippen LogP contribution in [0.2, 0.25) is 0 Å². The maximum atomic E-state index is 12.6. The number of hydrogen-bond acceptors (Lipinski definition) is 4. The average molecular weight is 346 g/mol. The summed E-state index contributed by atoms with van der Waals surface area (Å²) in [6.07, 6.45) is 1.57. The Bertz CT molecular complexity index is 777. The summed E-state index contributed by atoms with van der Waals surface area (Å²) < 4.78 is 11.6. The van der Waals surface area contributed by atoms with E-state index >= 15 is 0 Å². The van der Waals surface area contributed by atoms with Gasteiger partial charge in [-0.25, -0.2) is 0 Å². The summed E-state index contributed by atoms with van der Waals surface area (Å²) in [5.41, 5.74) is 1.58. The molecule has 6 nitrogen and oxygen atoms in total. The van der Waals surface area contributed by atoms with Crippen LogP contribution in [0.25, 0.3) is 0 Å². The van der Waals surface area contributed by atoms with E-state index in [1.807, 2.05) is 30.3 Å². The lowest BCUT2D eigenvalue weighted by atomic mass is 10.0. The summed E-state index contributed by atoms with van der Waals surface area (Å²) in [7, 11) is -1.11. The van der Waals surface area contributed by atoms with Gasteiger partial charge >= 0.3 is 0 Å². The Morgan fingerprint density at radius 3 is 2.50 bits per heavy atom. The molecule has 0 aliphatic heterocycles. The van der Waals surface area contributed by atoms with Crippen LogP contribution in [0, 0.1) is 17.0 Å². The molecule has 0 spiro atoms. The molecule has 2 aromatic carbocycles. The van der Waals surface area contributed by atoms with Gasteiger partial charge in [-0.1, -0.05) is 36.4 Å². The van der Waals surface area contributed by atoms with E-state index in [0.29, 0.717) is 5.56 Å². The van der Waals surface area contributed by atoms with Crippen molar-refractivity contribution in [2.75, 3.05) is 12.0 Å². The van der Waals surface area contributed by atoms with Gasteiger partial charge in [0.2, 0.25) is 0 Å². The Labute approximate surface area is 142 Å². The fourth-order valence-corrected chi connectivity index (χ4v) is 3.09. The normalized spacial score (nSPS) is 13.1. The van der Waals surface area contributed by atoms with Crippen LogP contribution in [-0.2, 0) is 10.8 Å². The van der Waals surface area contributed by atoms with Crippen LogP contribution in [0.15, 0.2) is 48.5 Å². The lowest BCUT2D eigenvalue weighted by molar-refractivity contribution is -0.384. The number of hydrogen-bond donors (Lipinski definition) is 1. The molecule has 1 amide bonds. The van der Waals surface area contributed by atoms with Gasteiger partial charge in [-0.2, -0.15) is 0 Å². The third-order valence-electron chi connectivity index (χ3n) is 3.59. The summed E-state index contributed by atoms with van der Waals surface area (Å²) in [6.45, 7) is 1.72. The fraction of sp³-hybridized carbons (Fsp3) is 0.235. The average Bonchev–Trinajstić information content (AvgIpc) is 2.54. The Balaban J connectivity index is 2.29. The number of carbonyl (C=O) groups excluding carboxylic acids is 1. The number of rotatable bonds is 6.